The Morgan fingerprint density at radius 2 is 2.00 bits per heavy atom. The van der Waals surface area contributed by atoms with E-state index in [1.807, 2.05) is 0 Å². The fourth-order valence-corrected chi connectivity index (χ4v) is 4.76. The summed E-state index contributed by atoms with van der Waals surface area (Å²) in [7, 11) is -2.87. The smallest absolute Gasteiger partial charge is 0.422 e. The van der Waals surface area contributed by atoms with E-state index in [0.29, 0.717) is 4.31 Å². The van der Waals surface area contributed by atoms with Gasteiger partial charge in [-0.05, 0) is 19.4 Å². The summed E-state index contributed by atoms with van der Waals surface area (Å²) in [5.41, 5.74) is 2.67. The lowest BCUT2D eigenvalue weighted by molar-refractivity contribution is -0.154. The summed E-state index contributed by atoms with van der Waals surface area (Å²) in [5.74, 6) is -4.90. The molecule has 0 saturated heterocycles. The molecular weight excluding hydrogens is 491 g/mol. The van der Waals surface area contributed by atoms with Gasteiger partial charge >= 0.3 is 6.18 Å². The van der Waals surface area contributed by atoms with Gasteiger partial charge in [0.15, 0.2) is 6.61 Å². The predicted molar refractivity (Wildman–Crippen MR) is 108 cm³/mol. The van der Waals surface area contributed by atoms with Crippen LogP contribution in [0.25, 0.3) is 0 Å². The molecule has 16 heteroatoms. The fourth-order valence-electron chi connectivity index (χ4n) is 3.33. The van der Waals surface area contributed by atoms with Gasteiger partial charge in [-0.3, -0.25) is 4.79 Å². The normalized spacial score (nSPS) is 24.9. The minimum atomic E-state index is -4.60. The van der Waals surface area contributed by atoms with E-state index in [2.05, 4.69) is 25.0 Å². The van der Waals surface area contributed by atoms with Crippen molar-refractivity contribution >= 4 is 21.9 Å². The molecule has 3 N–H and O–H groups in total. The molecule has 10 nitrogen and oxygen atoms in total. The van der Waals surface area contributed by atoms with Crippen LogP contribution in [0.5, 0.6) is 5.88 Å². The van der Waals surface area contributed by atoms with Crippen LogP contribution in [0.2, 0.25) is 0 Å². The molecule has 3 rings (SSSR count). The molecule has 0 aromatic carbocycles. The number of hydrogen-bond acceptors (Lipinski definition) is 8. The molecule has 2 atom stereocenters. The highest BCUT2D eigenvalue weighted by atomic mass is 32.2. The first-order chi connectivity index (χ1) is 15.6. The number of nitrogens with one attached hydrogen (secondary N) is 1. The van der Waals surface area contributed by atoms with Crippen LogP contribution in [0, 0.1) is 0 Å². The van der Waals surface area contributed by atoms with E-state index in [0.717, 1.165) is 25.5 Å². The van der Waals surface area contributed by atoms with Gasteiger partial charge in [0, 0.05) is 12.6 Å². The van der Waals surface area contributed by atoms with Crippen molar-refractivity contribution in [1.82, 2.24) is 19.6 Å². The van der Waals surface area contributed by atoms with Crippen LogP contribution in [0.15, 0.2) is 40.7 Å². The van der Waals surface area contributed by atoms with E-state index in [1.54, 1.807) is 0 Å². The quantitative estimate of drug-likeness (QED) is 0.570. The van der Waals surface area contributed by atoms with E-state index in [-0.39, 0.29) is 12.1 Å². The molecular formula is C18H19F5N6O4S. The first kappa shape index (κ1) is 25.3. The number of guanidine groups is 1. The average molecular weight is 510 g/mol. The van der Waals surface area contributed by atoms with E-state index in [1.165, 1.54) is 6.92 Å². The third-order valence-corrected chi connectivity index (χ3v) is 6.92. The standard InChI is InChI=1S/C18H19F5N6O4S/c1-17(8-34(31,32)29(2)16(24)28-17)13-9(19)3-4-10(14(13)20)27-15(30)11-5-26-12(6-25-11)33-7-18(21,22)23/h3,5-6,10H,4,7-8H2,1-2H3,(H2,24,28)(H,27,30)/t10?,17-/m0/s1. The number of nitrogens with two attached hydrogens (primary N) is 1. The van der Waals surface area contributed by atoms with Crippen LogP contribution >= 0.6 is 0 Å². The number of hydrogen-bond donors (Lipinski definition) is 2. The highest BCUT2D eigenvalue weighted by Crippen LogP contribution is 2.40. The Morgan fingerprint density at radius 1 is 1.32 bits per heavy atom. The summed E-state index contributed by atoms with van der Waals surface area (Å²) in [5, 5.41) is 2.26. The molecule has 1 aliphatic heterocycles. The Balaban J connectivity index is 1.82. The molecule has 0 spiro atoms. The van der Waals surface area contributed by atoms with Crippen molar-refractivity contribution < 1.29 is 39.9 Å². The zero-order valence-electron chi connectivity index (χ0n) is 17.7. The second kappa shape index (κ2) is 8.81. The number of amides is 1. The zero-order valence-corrected chi connectivity index (χ0v) is 18.5. The van der Waals surface area contributed by atoms with Crippen molar-refractivity contribution in [1.29, 1.82) is 0 Å². The number of aromatic nitrogens is 2. The van der Waals surface area contributed by atoms with Gasteiger partial charge in [0.2, 0.25) is 21.9 Å². The number of ether oxygens (including phenoxy) is 1. The molecule has 0 saturated carbocycles. The highest BCUT2D eigenvalue weighted by Gasteiger charge is 2.46. The van der Waals surface area contributed by atoms with Gasteiger partial charge < -0.3 is 15.8 Å². The third kappa shape index (κ3) is 5.26. The van der Waals surface area contributed by atoms with E-state index < -0.39 is 75.1 Å². The summed E-state index contributed by atoms with van der Waals surface area (Å²) < 4.78 is 96.3. The van der Waals surface area contributed by atoms with Crippen molar-refractivity contribution in [3.8, 4) is 5.88 Å². The largest absolute Gasteiger partial charge is 0.467 e. The summed E-state index contributed by atoms with van der Waals surface area (Å²) in [4.78, 5) is 23.6. The van der Waals surface area contributed by atoms with Gasteiger partial charge in [-0.2, -0.15) is 13.2 Å². The van der Waals surface area contributed by atoms with Crippen LogP contribution in [-0.2, 0) is 10.0 Å². The molecule has 0 bridgehead atoms. The maximum Gasteiger partial charge on any atom is 0.422 e. The maximum atomic E-state index is 15.3. The second-order valence-electron chi connectivity index (χ2n) is 7.65. The molecule has 34 heavy (non-hydrogen) atoms. The Hall–Kier alpha value is -3.30. The summed E-state index contributed by atoms with van der Waals surface area (Å²) in [6.45, 7) is -0.411. The molecule has 186 valence electrons. The Morgan fingerprint density at radius 3 is 2.56 bits per heavy atom. The summed E-state index contributed by atoms with van der Waals surface area (Å²) >= 11 is 0. The monoisotopic (exact) mass is 510 g/mol. The van der Waals surface area contributed by atoms with E-state index in [4.69, 9.17) is 5.73 Å². The number of sulfonamides is 1. The molecule has 1 unspecified atom stereocenters. The molecule has 2 aliphatic rings. The number of halogens is 5. The number of nitrogens with zero attached hydrogens (tertiary/aromatic N) is 4. The van der Waals surface area contributed by atoms with Crippen LogP contribution in [0.4, 0.5) is 22.0 Å². The fraction of sp³-hybridized carbons (Fsp3) is 0.444. The molecule has 1 amide bonds. The van der Waals surface area contributed by atoms with Gasteiger partial charge in [0.25, 0.3) is 5.91 Å². The number of carbonyl (C=O) groups excluding carboxylic acids is 1. The second-order valence-corrected chi connectivity index (χ2v) is 9.65. The van der Waals surface area contributed by atoms with Gasteiger partial charge in [0.05, 0.1) is 24.2 Å². The number of alkyl halides is 3. The van der Waals surface area contributed by atoms with Crippen LogP contribution < -0.4 is 15.8 Å². The number of carbonyl (C=O) groups is 1. The third-order valence-electron chi connectivity index (χ3n) is 4.97. The number of aliphatic imine (C=N–C) groups is 1. The van der Waals surface area contributed by atoms with Crippen molar-refractivity contribution in [2.45, 2.75) is 31.1 Å². The first-order valence-corrected chi connectivity index (χ1v) is 11.1. The lowest BCUT2D eigenvalue weighted by Gasteiger charge is -2.37. The maximum absolute atomic E-state index is 15.3. The average Bonchev–Trinajstić information content (AvgIpc) is 2.72. The zero-order chi connectivity index (χ0) is 25.5. The van der Waals surface area contributed by atoms with Gasteiger partial charge in [-0.25, -0.2) is 36.5 Å². The summed E-state index contributed by atoms with van der Waals surface area (Å²) in [6, 6.07) is -1.40. The minimum Gasteiger partial charge on any atom is -0.467 e. The Kier molecular flexibility index (Phi) is 6.56. The number of rotatable bonds is 5. The molecule has 1 aliphatic carbocycles. The van der Waals surface area contributed by atoms with E-state index >= 15 is 4.39 Å². The van der Waals surface area contributed by atoms with Crippen LogP contribution in [-0.4, -0.2) is 71.7 Å². The molecule has 0 radical (unpaired) electrons. The van der Waals surface area contributed by atoms with E-state index in [9.17, 15) is 30.8 Å². The Labute approximate surface area is 190 Å². The van der Waals surface area contributed by atoms with Crippen molar-refractivity contribution in [3.05, 3.63) is 41.4 Å². The van der Waals surface area contributed by atoms with Crippen LogP contribution in [0.3, 0.4) is 0 Å². The lowest BCUT2D eigenvalue weighted by atomic mass is 9.86. The van der Waals surface area contributed by atoms with Gasteiger partial charge in [-0.1, -0.05) is 0 Å². The molecule has 1 aromatic heterocycles. The minimum absolute atomic E-state index is 0.310. The lowest BCUT2D eigenvalue weighted by Crippen LogP contribution is -2.53. The highest BCUT2D eigenvalue weighted by molar-refractivity contribution is 7.89. The topological polar surface area (TPSA) is 140 Å². The van der Waals surface area contributed by atoms with Crippen LogP contribution in [0.1, 0.15) is 23.8 Å². The Bertz CT molecular complexity index is 1180. The summed E-state index contributed by atoms with van der Waals surface area (Å²) in [6.07, 6.45) is -2.35. The predicted octanol–water partition coefficient (Wildman–Crippen LogP) is 1.35. The first-order valence-electron chi connectivity index (χ1n) is 9.53. The van der Waals surface area contributed by atoms with Crippen molar-refractivity contribution in [2.75, 3.05) is 19.4 Å². The van der Waals surface area contributed by atoms with Crippen molar-refractivity contribution in [3.63, 3.8) is 0 Å². The van der Waals surface area contributed by atoms with Gasteiger partial charge in [-0.15, -0.1) is 0 Å². The molecule has 2 heterocycles. The van der Waals surface area contributed by atoms with Crippen molar-refractivity contribution in [2.24, 2.45) is 10.7 Å². The SMILES string of the molecule is CN1C(N)=N[C@](C)(C2=C(F)C(NC(=O)c3cnc(OCC(F)(F)F)cn3)CC=C2F)CS1(=O)=O. The molecule has 0 fully saturated rings. The van der Waals surface area contributed by atoms with Gasteiger partial charge in [0.1, 0.15) is 22.9 Å². The molecule has 1 aromatic rings.